The normalized spacial score (nSPS) is 10.0. The molecule has 0 radical (unpaired) electrons. The van der Waals surface area contributed by atoms with Crippen molar-refractivity contribution in [2.75, 3.05) is 26.1 Å². The molecule has 1 amide bonds. The van der Waals surface area contributed by atoms with E-state index in [1.54, 1.807) is 26.4 Å². The van der Waals surface area contributed by atoms with Gasteiger partial charge < -0.3 is 19.5 Å². The molecule has 132 valence electrons. The van der Waals surface area contributed by atoms with E-state index in [0.29, 0.717) is 42.4 Å². The number of ether oxygens (including phenoxy) is 3. The van der Waals surface area contributed by atoms with E-state index < -0.39 is 0 Å². The van der Waals surface area contributed by atoms with Gasteiger partial charge >= 0.3 is 0 Å². The topological polar surface area (TPSA) is 56.8 Å². The molecule has 0 saturated heterocycles. The Balaban J connectivity index is 1.91. The zero-order valence-corrected chi connectivity index (χ0v) is 14.6. The van der Waals surface area contributed by atoms with Crippen LogP contribution in [0.25, 0.3) is 0 Å². The molecule has 5 nitrogen and oxygen atoms in total. The summed E-state index contributed by atoms with van der Waals surface area (Å²) in [6.07, 6.45) is 2.65. The summed E-state index contributed by atoms with van der Waals surface area (Å²) in [4.78, 5) is 12.2. The molecule has 2 aromatic rings. The average Bonchev–Trinajstić information content (AvgIpc) is 2.64. The van der Waals surface area contributed by atoms with Crippen molar-refractivity contribution in [1.29, 1.82) is 0 Å². The summed E-state index contributed by atoms with van der Waals surface area (Å²) in [5.41, 5.74) is 1.72. The number of nitrogens with one attached hydrogen (secondary N) is 1. The van der Waals surface area contributed by atoms with Gasteiger partial charge in [-0.05, 0) is 36.2 Å². The number of hydrogen-bond donors (Lipinski definition) is 1. The molecule has 0 unspecified atom stereocenters. The van der Waals surface area contributed by atoms with Crippen LogP contribution in [0, 0.1) is 0 Å². The lowest BCUT2D eigenvalue weighted by Crippen LogP contribution is -2.12. The molecule has 2 aromatic carbocycles. The van der Waals surface area contributed by atoms with E-state index in [1.807, 2.05) is 36.4 Å². The van der Waals surface area contributed by atoms with Crippen LogP contribution in [0.4, 0.5) is 5.69 Å². The van der Waals surface area contributed by atoms with E-state index in [0.717, 1.165) is 5.56 Å². The minimum atomic E-state index is -0.0596. The zero-order chi connectivity index (χ0) is 18.1. The van der Waals surface area contributed by atoms with Crippen LogP contribution in [0.3, 0.4) is 0 Å². The molecule has 0 spiro atoms. The minimum Gasteiger partial charge on any atom is -0.493 e. The Hall–Kier alpha value is -2.95. The lowest BCUT2D eigenvalue weighted by Gasteiger charge is -2.10. The maximum Gasteiger partial charge on any atom is 0.224 e. The van der Waals surface area contributed by atoms with E-state index in [9.17, 15) is 4.79 Å². The standard InChI is InChI=1S/C20H23NO4/c1-4-12-25-17-7-5-6-16(14-17)21-20(22)11-9-15-8-10-18(23-2)19(13-15)24-3/h4-8,10,13-14H,1,9,11-12H2,2-3H3,(H,21,22). The van der Waals surface area contributed by atoms with Crippen molar-refractivity contribution >= 4 is 11.6 Å². The summed E-state index contributed by atoms with van der Waals surface area (Å²) < 4.78 is 15.9. The Labute approximate surface area is 148 Å². The fourth-order valence-corrected chi connectivity index (χ4v) is 2.34. The van der Waals surface area contributed by atoms with Gasteiger partial charge in [0.2, 0.25) is 5.91 Å². The van der Waals surface area contributed by atoms with Crippen LogP contribution in [0.1, 0.15) is 12.0 Å². The van der Waals surface area contributed by atoms with Crippen LogP contribution < -0.4 is 19.5 Å². The number of hydrogen-bond acceptors (Lipinski definition) is 4. The van der Waals surface area contributed by atoms with Crippen molar-refractivity contribution in [1.82, 2.24) is 0 Å². The predicted molar refractivity (Wildman–Crippen MR) is 98.6 cm³/mol. The first-order valence-corrected chi connectivity index (χ1v) is 8.00. The van der Waals surface area contributed by atoms with E-state index in [2.05, 4.69) is 11.9 Å². The lowest BCUT2D eigenvalue weighted by atomic mass is 10.1. The van der Waals surface area contributed by atoms with E-state index in [1.165, 1.54) is 0 Å². The Morgan fingerprint density at radius 3 is 2.64 bits per heavy atom. The van der Waals surface area contributed by atoms with E-state index >= 15 is 0 Å². The largest absolute Gasteiger partial charge is 0.493 e. The highest BCUT2D eigenvalue weighted by atomic mass is 16.5. The SMILES string of the molecule is C=CCOc1cccc(NC(=O)CCc2ccc(OC)c(OC)c2)c1. The van der Waals surface area contributed by atoms with Gasteiger partial charge in [-0.25, -0.2) is 0 Å². The lowest BCUT2D eigenvalue weighted by molar-refractivity contribution is -0.116. The van der Waals surface area contributed by atoms with E-state index in [-0.39, 0.29) is 5.91 Å². The van der Waals surface area contributed by atoms with Crippen molar-refractivity contribution in [3.05, 3.63) is 60.7 Å². The Morgan fingerprint density at radius 1 is 1.12 bits per heavy atom. The summed E-state index contributed by atoms with van der Waals surface area (Å²) in [5, 5.41) is 2.88. The monoisotopic (exact) mass is 341 g/mol. The summed E-state index contributed by atoms with van der Waals surface area (Å²) in [6.45, 7) is 4.04. The molecule has 0 bridgehead atoms. The average molecular weight is 341 g/mol. The Morgan fingerprint density at radius 2 is 1.92 bits per heavy atom. The Bertz CT molecular complexity index is 727. The molecule has 0 fully saturated rings. The van der Waals surface area contributed by atoms with Crippen LogP contribution in [-0.2, 0) is 11.2 Å². The number of methoxy groups -OCH3 is 2. The highest BCUT2D eigenvalue weighted by Gasteiger charge is 2.08. The van der Waals surface area contributed by atoms with Crippen LogP contribution in [0.5, 0.6) is 17.2 Å². The van der Waals surface area contributed by atoms with Gasteiger partial charge in [-0.15, -0.1) is 0 Å². The molecular weight excluding hydrogens is 318 g/mol. The quantitative estimate of drug-likeness (QED) is 0.704. The number of rotatable bonds is 9. The van der Waals surface area contributed by atoms with Gasteiger partial charge in [-0.3, -0.25) is 4.79 Å². The number of carbonyl (C=O) groups excluding carboxylic acids is 1. The van der Waals surface area contributed by atoms with E-state index in [4.69, 9.17) is 14.2 Å². The molecule has 0 aliphatic carbocycles. The van der Waals surface area contributed by atoms with Gasteiger partial charge in [0.05, 0.1) is 14.2 Å². The van der Waals surface area contributed by atoms with Crippen LogP contribution in [0.2, 0.25) is 0 Å². The zero-order valence-electron chi connectivity index (χ0n) is 14.6. The first-order chi connectivity index (χ1) is 12.2. The minimum absolute atomic E-state index is 0.0596. The molecule has 0 heterocycles. The first kappa shape index (κ1) is 18.4. The molecule has 0 saturated carbocycles. The summed E-state index contributed by atoms with van der Waals surface area (Å²) in [7, 11) is 3.19. The molecule has 0 aromatic heterocycles. The van der Waals surface area contributed by atoms with Gasteiger partial charge in [0, 0.05) is 18.2 Å². The highest BCUT2D eigenvalue weighted by molar-refractivity contribution is 5.91. The maximum atomic E-state index is 12.2. The number of carbonyl (C=O) groups is 1. The van der Waals surface area contributed by atoms with Gasteiger partial charge in [0.15, 0.2) is 11.5 Å². The fourth-order valence-electron chi connectivity index (χ4n) is 2.34. The maximum absolute atomic E-state index is 12.2. The third-order valence-corrected chi connectivity index (χ3v) is 3.57. The predicted octanol–water partition coefficient (Wildman–Crippen LogP) is 3.84. The molecule has 5 heteroatoms. The molecule has 2 rings (SSSR count). The second-order valence-electron chi connectivity index (χ2n) is 5.37. The van der Waals surface area contributed by atoms with Crippen LogP contribution >= 0.6 is 0 Å². The van der Waals surface area contributed by atoms with Crippen LogP contribution in [0.15, 0.2) is 55.1 Å². The third kappa shape index (κ3) is 5.57. The van der Waals surface area contributed by atoms with Crippen molar-refractivity contribution in [2.24, 2.45) is 0 Å². The van der Waals surface area contributed by atoms with Gasteiger partial charge in [-0.1, -0.05) is 24.8 Å². The Kier molecular flexibility index (Phi) is 6.89. The second-order valence-corrected chi connectivity index (χ2v) is 5.37. The smallest absolute Gasteiger partial charge is 0.224 e. The van der Waals surface area contributed by atoms with Crippen molar-refractivity contribution in [3.63, 3.8) is 0 Å². The summed E-state index contributed by atoms with van der Waals surface area (Å²) >= 11 is 0. The number of benzene rings is 2. The molecular formula is C20H23NO4. The molecule has 0 atom stereocenters. The highest BCUT2D eigenvalue weighted by Crippen LogP contribution is 2.28. The van der Waals surface area contributed by atoms with Gasteiger partial charge in [-0.2, -0.15) is 0 Å². The first-order valence-electron chi connectivity index (χ1n) is 8.00. The number of amides is 1. The molecule has 0 aliphatic heterocycles. The summed E-state index contributed by atoms with van der Waals surface area (Å²) in [5.74, 6) is 1.97. The third-order valence-electron chi connectivity index (χ3n) is 3.57. The van der Waals surface area contributed by atoms with Crippen molar-refractivity contribution in [2.45, 2.75) is 12.8 Å². The van der Waals surface area contributed by atoms with Crippen LogP contribution in [-0.4, -0.2) is 26.7 Å². The van der Waals surface area contributed by atoms with Crippen molar-refractivity contribution < 1.29 is 19.0 Å². The van der Waals surface area contributed by atoms with Gasteiger partial charge in [0.25, 0.3) is 0 Å². The summed E-state index contributed by atoms with van der Waals surface area (Å²) in [6, 6.07) is 12.9. The number of anilines is 1. The second kappa shape index (κ2) is 9.37. The number of aryl methyl sites for hydroxylation is 1. The molecule has 1 N–H and O–H groups in total. The van der Waals surface area contributed by atoms with Gasteiger partial charge in [0.1, 0.15) is 12.4 Å². The molecule has 25 heavy (non-hydrogen) atoms. The van der Waals surface area contributed by atoms with Crippen molar-refractivity contribution in [3.8, 4) is 17.2 Å². The molecule has 0 aliphatic rings. The fraction of sp³-hybridized carbons (Fsp3) is 0.250.